The van der Waals surface area contributed by atoms with E-state index in [1.807, 2.05) is 0 Å². The summed E-state index contributed by atoms with van der Waals surface area (Å²) in [5.41, 5.74) is 2.14. The zero-order valence-corrected chi connectivity index (χ0v) is 15.1. The number of hydrogen-bond donors (Lipinski definition) is 1. The van der Waals surface area contributed by atoms with Gasteiger partial charge in [-0.2, -0.15) is 0 Å². The summed E-state index contributed by atoms with van der Waals surface area (Å²) in [6, 6.07) is 11.2. The van der Waals surface area contributed by atoms with Crippen molar-refractivity contribution >= 4 is 38.9 Å². The maximum Gasteiger partial charge on any atom is 0.261 e. The fourth-order valence-corrected chi connectivity index (χ4v) is 4.12. The topological polar surface area (TPSA) is 75.7 Å². The van der Waals surface area contributed by atoms with Crippen LogP contribution in [0.4, 0.5) is 11.4 Å². The molecule has 0 spiro atoms. The number of carbonyl (C=O) groups excluding carboxylic acids is 1. The molecular weight excluding hydrogens is 364 g/mol. The summed E-state index contributed by atoms with van der Waals surface area (Å²) < 4.78 is 32.4. The number of nitrogens with one attached hydrogen (secondary N) is 1. The number of amides is 1. The Hall–Kier alpha value is -2.09. The summed E-state index contributed by atoms with van der Waals surface area (Å²) in [5, 5.41) is 0.351. The molecule has 1 amide bonds. The zero-order chi connectivity index (χ0) is 18.0. The van der Waals surface area contributed by atoms with Crippen LogP contribution in [0.1, 0.15) is 5.56 Å². The van der Waals surface area contributed by atoms with Gasteiger partial charge in [0.15, 0.2) is 0 Å². The molecule has 1 heterocycles. The second-order valence-corrected chi connectivity index (χ2v) is 7.75. The number of ether oxygens (including phenoxy) is 1. The largest absolute Gasteiger partial charge is 0.375 e. The lowest BCUT2D eigenvalue weighted by Crippen LogP contribution is -2.31. The van der Waals surface area contributed by atoms with E-state index in [-0.39, 0.29) is 17.4 Å². The number of carbonyl (C=O) groups is 1. The Morgan fingerprint density at radius 3 is 2.80 bits per heavy atom. The Morgan fingerprint density at radius 1 is 1.28 bits per heavy atom. The highest BCUT2D eigenvalue weighted by Crippen LogP contribution is 2.31. The van der Waals surface area contributed by atoms with E-state index in [4.69, 9.17) is 16.3 Å². The SMILES string of the molecule is COCC(=O)N1CCc2cc(NS(=O)(=O)c3cccc(Cl)c3)ccc21. The number of methoxy groups -OCH3 is 1. The molecule has 0 aromatic heterocycles. The first kappa shape index (κ1) is 17.7. The van der Waals surface area contributed by atoms with Gasteiger partial charge in [0.2, 0.25) is 0 Å². The molecule has 0 aliphatic carbocycles. The van der Waals surface area contributed by atoms with Crippen molar-refractivity contribution in [3.8, 4) is 0 Å². The highest BCUT2D eigenvalue weighted by molar-refractivity contribution is 7.92. The Morgan fingerprint density at radius 2 is 2.08 bits per heavy atom. The number of nitrogens with zero attached hydrogens (tertiary/aromatic N) is 1. The van der Waals surface area contributed by atoms with Crippen molar-refractivity contribution in [2.24, 2.45) is 0 Å². The normalized spacial score (nSPS) is 13.6. The highest BCUT2D eigenvalue weighted by Gasteiger charge is 2.25. The lowest BCUT2D eigenvalue weighted by molar-refractivity contribution is -0.122. The smallest absolute Gasteiger partial charge is 0.261 e. The fraction of sp³-hybridized carbons (Fsp3) is 0.235. The Bertz CT molecular complexity index is 915. The van der Waals surface area contributed by atoms with Gasteiger partial charge in [0.1, 0.15) is 6.61 Å². The van der Waals surface area contributed by atoms with Crippen LogP contribution in [0.5, 0.6) is 0 Å². The van der Waals surface area contributed by atoms with Crippen molar-refractivity contribution < 1.29 is 17.9 Å². The summed E-state index contributed by atoms with van der Waals surface area (Å²) in [6.07, 6.45) is 0.664. The average Bonchev–Trinajstić information content (AvgIpc) is 2.98. The first-order valence-corrected chi connectivity index (χ1v) is 9.47. The van der Waals surface area contributed by atoms with Crippen molar-refractivity contribution in [3.63, 3.8) is 0 Å². The van der Waals surface area contributed by atoms with E-state index < -0.39 is 10.0 Å². The van der Waals surface area contributed by atoms with E-state index >= 15 is 0 Å². The Balaban J connectivity index is 1.83. The predicted molar refractivity (Wildman–Crippen MR) is 96.6 cm³/mol. The van der Waals surface area contributed by atoms with E-state index in [1.54, 1.807) is 35.2 Å². The molecule has 0 fully saturated rings. The van der Waals surface area contributed by atoms with Crippen LogP contribution >= 0.6 is 11.6 Å². The van der Waals surface area contributed by atoms with E-state index in [0.29, 0.717) is 23.7 Å². The molecule has 132 valence electrons. The molecule has 0 saturated heterocycles. The second kappa shape index (κ2) is 7.03. The minimum Gasteiger partial charge on any atom is -0.375 e. The lowest BCUT2D eigenvalue weighted by atomic mass is 10.1. The monoisotopic (exact) mass is 380 g/mol. The summed E-state index contributed by atoms with van der Waals surface area (Å²) in [4.78, 5) is 13.8. The van der Waals surface area contributed by atoms with Crippen molar-refractivity contribution in [3.05, 3.63) is 53.1 Å². The van der Waals surface area contributed by atoms with Gasteiger partial charge in [-0.1, -0.05) is 17.7 Å². The molecule has 2 aromatic rings. The molecule has 0 atom stereocenters. The van der Waals surface area contributed by atoms with Crippen LogP contribution in [0.15, 0.2) is 47.4 Å². The van der Waals surface area contributed by atoms with Crippen molar-refractivity contribution in [2.45, 2.75) is 11.3 Å². The highest BCUT2D eigenvalue weighted by atomic mass is 35.5. The molecule has 0 radical (unpaired) electrons. The molecule has 6 nitrogen and oxygen atoms in total. The van der Waals surface area contributed by atoms with Gasteiger partial charge >= 0.3 is 0 Å². The molecule has 3 rings (SSSR count). The summed E-state index contributed by atoms with van der Waals surface area (Å²) in [5.74, 6) is -0.117. The molecule has 1 aliphatic heterocycles. The number of fused-ring (bicyclic) bond motifs is 1. The van der Waals surface area contributed by atoms with Crippen LogP contribution in [-0.4, -0.2) is 34.6 Å². The quantitative estimate of drug-likeness (QED) is 0.865. The number of halogens is 1. The first-order chi connectivity index (χ1) is 11.9. The van der Waals surface area contributed by atoms with Gasteiger partial charge in [-0.25, -0.2) is 8.42 Å². The molecule has 0 saturated carbocycles. The maximum atomic E-state index is 12.5. The summed E-state index contributed by atoms with van der Waals surface area (Å²) in [6.45, 7) is 0.574. The minimum atomic E-state index is -3.73. The zero-order valence-electron chi connectivity index (χ0n) is 13.5. The van der Waals surface area contributed by atoms with E-state index in [2.05, 4.69) is 4.72 Å². The molecule has 2 aromatic carbocycles. The van der Waals surface area contributed by atoms with Crippen molar-refractivity contribution in [1.82, 2.24) is 0 Å². The summed E-state index contributed by atoms with van der Waals surface area (Å²) >= 11 is 5.86. The first-order valence-electron chi connectivity index (χ1n) is 7.61. The van der Waals surface area contributed by atoms with Gasteiger partial charge in [-0.3, -0.25) is 9.52 Å². The number of anilines is 2. The van der Waals surface area contributed by atoms with Crippen molar-refractivity contribution in [1.29, 1.82) is 0 Å². The number of benzene rings is 2. The Labute approximate surface area is 151 Å². The van der Waals surface area contributed by atoms with Gasteiger partial charge in [0.25, 0.3) is 15.9 Å². The lowest BCUT2D eigenvalue weighted by Gasteiger charge is -2.17. The number of hydrogen-bond acceptors (Lipinski definition) is 4. The molecule has 1 aliphatic rings. The third-order valence-electron chi connectivity index (χ3n) is 3.90. The van der Waals surface area contributed by atoms with Gasteiger partial charge in [-0.05, 0) is 48.4 Å². The number of sulfonamides is 1. The standard InChI is InChI=1S/C17H17ClN2O4S/c1-24-11-17(21)20-8-7-12-9-14(5-6-16(12)20)19-25(22,23)15-4-2-3-13(18)10-15/h2-6,9-10,19H,7-8,11H2,1H3. The molecule has 0 unspecified atom stereocenters. The van der Waals surface area contributed by atoms with E-state index in [9.17, 15) is 13.2 Å². The maximum absolute atomic E-state index is 12.5. The van der Waals surface area contributed by atoms with Crippen LogP contribution in [0.3, 0.4) is 0 Å². The molecular formula is C17H17ClN2O4S. The third-order valence-corrected chi connectivity index (χ3v) is 5.52. The van der Waals surface area contributed by atoms with Crippen LogP contribution in [0.25, 0.3) is 0 Å². The van der Waals surface area contributed by atoms with Crippen LogP contribution in [0.2, 0.25) is 5.02 Å². The van der Waals surface area contributed by atoms with Crippen LogP contribution < -0.4 is 9.62 Å². The second-order valence-electron chi connectivity index (χ2n) is 5.63. The van der Waals surface area contributed by atoms with Gasteiger partial charge in [0.05, 0.1) is 4.90 Å². The molecule has 8 heteroatoms. The average molecular weight is 381 g/mol. The molecule has 1 N–H and O–H groups in total. The molecule has 25 heavy (non-hydrogen) atoms. The predicted octanol–water partition coefficient (Wildman–Crippen LogP) is 2.68. The van der Waals surface area contributed by atoms with Gasteiger partial charge in [-0.15, -0.1) is 0 Å². The summed E-state index contributed by atoms with van der Waals surface area (Å²) in [7, 11) is -2.25. The minimum absolute atomic E-state index is 0.0165. The number of rotatable bonds is 5. The van der Waals surface area contributed by atoms with Crippen molar-refractivity contribution in [2.75, 3.05) is 29.9 Å². The van der Waals surface area contributed by atoms with Crippen LogP contribution in [-0.2, 0) is 26.0 Å². The molecule has 0 bridgehead atoms. The van der Waals surface area contributed by atoms with Crippen LogP contribution in [0, 0.1) is 0 Å². The van der Waals surface area contributed by atoms with Gasteiger partial charge < -0.3 is 9.64 Å². The third kappa shape index (κ3) is 3.78. The van der Waals surface area contributed by atoms with Gasteiger partial charge in [0, 0.05) is 30.1 Å². The fourth-order valence-electron chi connectivity index (χ4n) is 2.77. The van der Waals surface area contributed by atoms with E-state index in [1.165, 1.54) is 19.2 Å². The van der Waals surface area contributed by atoms with E-state index in [0.717, 1.165) is 11.3 Å². The Kier molecular flexibility index (Phi) is 4.99.